The Morgan fingerprint density at radius 1 is 1.26 bits per heavy atom. The molecule has 3 N–H and O–H groups in total. The van der Waals surface area contributed by atoms with Gasteiger partial charge in [0.05, 0.1) is 0 Å². The van der Waals surface area contributed by atoms with Crippen molar-refractivity contribution in [3.63, 3.8) is 0 Å². The molecule has 0 aromatic carbocycles. The number of nitrogens with two attached hydrogens (primary N) is 1. The van der Waals surface area contributed by atoms with Gasteiger partial charge in [0.25, 0.3) is 0 Å². The largest absolute Gasteiger partial charge is 0.368 e. The number of allylic oxidation sites excluding steroid dienone is 3. The van der Waals surface area contributed by atoms with E-state index in [2.05, 4.69) is 39.3 Å². The summed E-state index contributed by atoms with van der Waals surface area (Å²) in [5, 5.41) is 3.19. The molecule has 0 amide bonds. The molecule has 1 aromatic heterocycles. The lowest BCUT2D eigenvalue weighted by atomic mass is 10.1. The van der Waals surface area contributed by atoms with Gasteiger partial charge >= 0.3 is 0 Å². The average Bonchev–Trinajstić information content (AvgIpc) is 2.74. The fourth-order valence-electron chi connectivity index (χ4n) is 1.94. The van der Waals surface area contributed by atoms with Crippen molar-refractivity contribution in [1.82, 2.24) is 15.0 Å². The average molecular weight is 260 g/mol. The number of aromatic nitrogens is 3. The Morgan fingerprint density at radius 3 is 2.68 bits per heavy atom. The van der Waals surface area contributed by atoms with Crippen LogP contribution in [0.1, 0.15) is 19.8 Å². The number of hydrogen-bond acceptors (Lipinski definition) is 6. The van der Waals surface area contributed by atoms with Crippen LogP contribution in [-0.2, 0) is 0 Å². The monoisotopic (exact) mass is 260 g/mol. The highest BCUT2D eigenvalue weighted by atomic mass is 15.3. The Balaban J connectivity index is 1.94. The molecule has 0 saturated carbocycles. The molecule has 0 aliphatic heterocycles. The minimum Gasteiger partial charge on any atom is -0.368 e. The summed E-state index contributed by atoms with van der Waals surface area (Å²) in [6.45, 7) is 2.93. The summed E-state index contributed by atoms with van der Waals surface area (Å²) in [4.78, 5) is 14.2. The summed E-state index contributed by atoms with van der Waals surface area (Å²) >= 11 is 0. The summed E-state index contributed by atoms with van der Waals surface area (Å²) in [6, 6.07) is 0. The lowest BCUT2D eigenvalue weighted by Crippen LogP contribution is -2.17. The van der Waals surface area contributed by atoms with E-state index >= 15 is 0 Å². The zero-order valence-electron chi connectivity index (χ0n) is 11.6. The zero-order chi connectivity index (χ0) is 13.8. The van der Waals surface area contributed by atoms with Crippen molar-refractivity contribution in [2.45, 2.75) is 19.8 Å². The first-order valence-corrected chi connectivity index (χ1v) is 6.35. The van der Waals surface area contributed by atoms with Gasteiger partial charge in [0.15, 0.2) is 0 Å². The van der Waals surface area contributed by atoms with E-state index in [-0.39, 0.29) is 5.95 Å². The second-order valence-corrected chi connectivity index (χ2v) is 4.74. The molecule has 6 heteroatoms. The molecule has 0 saturated heterocycles. The van der Waals surface area contributed by atoms with Crippen LogP contribution in [0.2, 0.25) is 0 Å². The van der Waals surface area contributed by atoms with Crippen molar-refractivity contribution < 1.29 is 0 Å². The Bertz CT molecular complexity index is 518. The topological polar surface area (TPSA) is 80.0 Å². The van der Waals surface area contributed by atoms with Gasteiger partial charge < -0.3 is 16.0 Å². The first-order chi connectivity index (χ1) is 9.06. The lowest BCUT2D eigenvalue weighted by molar-refractivity contribution is 0.933. The number of rotatable bonds is 5. The van der Waals surface area contributed by atoms with Crippen LogP contribution in [0.4, 0.5) is 17.8 Å². The van der Waals surface area contributed by atoms with E-state index in [0.29, 0.717) is 11.9 Å². The molecule has 19 heavy (non-hydrogen) atoms. The summed E-state index contributed by atoms with van der Waals surface area (Å²) in [6.07, 6.45) is 6.50. The fourth-order valence-corrected chi connectivity index (χ4v) is 1.94. The molecule has 102 valence electrons. The van der Waals surface area contributed by atoms with E-state index in [1.807, 2.05) is 14.1 Å². The van der Waals surface area contributed by atoms with Crippen molar-refractivity contribution in [3.05, 3.63) is 23.3 Å². The van der Waals surface area contributed by atoms with Gasteiger partial charge in [-0.05, 0) is 25.3 Å². The molecular formula is C13H20N6. The maximum Gasteiger partial charge on any atom is 0.231 e. The van der Waals surface area contributed by atoms with E-state index in [0.717, 1.165) is 19.4 Å². The minimum atomic E-state index is 0.234. The quantitative estimate of drug-likeness (QED) is 0.837. The summed E-state index contributed by atoms with van der Waals surface area (Å²) in [5.74, 6) is 1.32. The highest BCUT2D eigenvalue weighted by molar-refractivity contribution is 5.41. The number of hydrogen-bond donors (Lipinski definition) is 2. The number of nitrogens with one attached hydrogen (secondary N) is 1. The highest BCUT2D eigenvalue weighted by Gasteiger charge is 2.07. The smallest absolute Gasteiger partial charge is 0.231 e. The second-order valence-electron chi connectivity index (χ2n) is 4.74. The van der Waals surface area contributed by atoms with Crippen LogP contribution in [0.15, 0.2) is 23.3 Å². The summed E-state index contributed by atoms with van der Waals surface area (Å²) < 4.78 is 0. The van der Waals surface area contributed by atoms with Crippen LogP contribution in [0.25, 0.3) is 0 Å². The van der Waals surface area contributed by atoms with Gasteiger partial charge in [-0.25, -0.2) is 0 Å². The van der Waals surface area contributed by atoms with E-state index in [1.54, 1.807) is 4.90 Å². The molecule has 1 aliphatic rings. The first kappa shape index (κ1) is 13.3. The van der Waals surface area contributed by atoms with Crippen molar-refractivity contribution in [2.75, 3.05) is 36.6 Å². The van der Waals surface area contributed by atoms with Gasteiger partial charge in [-0.3, -0.25) is 0 Å². The van der Waals surface area contributed by atoms with E-state index in [4.69, 9.17) is 5.73 Å². The van der Waals surface area contributed by atoms with Gasteiger partial charge in [-0.15, -0.1) is 0 Å². The zero-order valence-corrected chi connectivity index (χ0v) is 11.6. The maximum atomic E-state index is 5.66. The van der Waals surface area contributed by atoms with E-state index in [1.165, 1.54) is 11.1 Å². The number of anilines is 3. The van der Waals surface area contributed by atoms with Gasteiger partial charge in [0.2, 0.25) is 17.8 Å². The molecule has 1 heterocycles. The van der Waals surface area contributed by atoms with Crippen molar-refractivity contribution in [2.24, 2.45) is 0 Å². The molecule has 1 aliphatic carbocycles. The summed E-state index contributed by atoms with van der Waals surface area (Å²) in [7, 11) is 3.74. The molecule has 0 bridgehead atoms. The summed E-state index contributed by atoms with van der Waals surface area (Å²) in [5.41, 5.74) is 8.42. The van der Waals surface area contributed by atoms with Crippen LogP contribution >= 0.6 is 0 Å². The van der Waals surface area contributed by atoms with Crippen LogP contribution < -0.4 is 16.0 Å². The molecular weight excluding hydrogens is 240 g/mol. The fraction of sp³-hybridized carbons (Fsp3) is 0.462. The Morgan fingerprint density at radius 2 is 2.05 bits per heavy atom. The molecule has 0 atom stereocenters. The van der Waals surface area contributed by atoms with E-state index < -0.39 is 0 Å². The van der Waals surface area contributed by atoms with Crippen molar-refractivity contribution >= 4 is 17.8 Å². The first-order valence-electron chi connectivity index (χ1n) is 6.35. The SMILES string of the molecule is CC1=CCC=C1CCNc1nc(N)nc(N(C)C)n1. The third kappa shape index (κ3) is 3.43. The minimum absolute atomic E-state index is 0.234. The van der Waals surface area contributed by atoms with Gasteiger partial charge in [0.1, 0.15) is 0 Å². The number of nitrogen functional groups attached to an aromatic ring is 1. The van der Waals surface area contributed by atoms with Gasteiger partial charge in [-0.2, -0.15) is 15.0 Å². The maximum absolute atomic E-state index is 5.66. The van der Waals surface area contributed by atoms with Gasteiger partial charge in [0, 0.05) is 20.6 Å². The third-order valence-electron chi connectivity index (χ3n) is 3.01. The molecule has 0 unspecified atom stereocenters. The Kier molecular flexibility index (Phi) is 3.99. The highest BCUT2D eigenvalue weighted by Crippen LogP contribution is 2.21. The van der Waals surface area contributed by atoms with Crippen molar-refractivity contribution in [1.29, 1.82) is 0 Å². The predicted octanol–water partition coefficient (Wildman–Crippen LogP) is 1.60. The molecule has 0 spiro atoms. The van der Waals surface area contributed by atoms with Crippen LogP contribution in [0, 0.1) is 0 Å². The Hall–Kier alpha value is -2.11. The normalized spacial score (nSPS) is 14.1. The molecule has 0 radical (unpaired) electrons. The second kappa shape index (κ2) is 5.69. The molecule has 0 fully saturated rings. The van der Waals surface area contributed by atoms with Gasteiger partial charge in [-0.1, -0.05) is 17.7 Å². The van der Waals surface area contributed by atoms with Crippen LogP contribution in [-0.4, -0.2) is 35.6 Å². The molecule has 6 nitrogen and oxygen atoms in total. The van der Waals surface area contributed by atoms with Crippen molar-refractivity contribution in [3.8, 4) is 0 Å². The standard InChI is InChI=1S/C13H20N6/c1-9-5-4-6-10(9)7-8-15-12-16-11(14)17-13(18-12)19(2)3/h5-6H,4,7-8H2,1-3H3,(H3,14,15,16,17,18). The van der Waals surface area contributed by atoms with E-state index in [9.17, 15) is 0 Å². The Labute approximate surface area is 113 Å². The third-order valence-corrected chi connectivity index (χ3v) is 3.01. The van der Waals surface area contributed by atoms with Crippen LogP contribution in [0.3, 0.4) is 0 Å². The number of nitrogens with zero attached hydrogens (tertiary/aromatic N) is 4. The predicted molar refractivity (Wildman–Crippen MR) is 78.1 cm³/mol. The molecule has 2 rings (SSSR count). The van der Waals surface area contributed by atoms with Crippen LogP contribution in [0.5, 0.6) is 0 Å². The lowest BCUT2D eigenvalue weighted by Gasteiger charge is -2.12. The molecule has 1 aromatic rings.